The van der Waals surface area contributed by atoms with Crippen LogP contribution in [0.3, 0.4) is 0 Å². The molecule has 1 aliphatic rings. The van der Waals surface area contributed by atoms with Crippen molar-refractivity contribution in [3.05, 3.63) is 0 Å². The Morgan fingerprint density at radius 1 is 1.31 bits per heavy atom. The summed E-state index contributed by atoms with van der Waals surface area (Å²) in [6.07, 6.45) is -3.70. The van der Waals surface area contributed by atoms with Crippen molar-refractivity contribution in [2.45, 2.75) is 37.4 Å². The normalized spacial score (nSPS) is 46.4. The molecule has 1 rings (SSSR count). The highest BCUT2D eigenvalue weighted by atomic mass is 16.6. The van der Waals surface area contributed by atoms with Gasteiger partial charge in [-0.3, -0.25) is 0 Å². The maximum atomic E-state index is 9.54. The minimum Gasteiger partial charge on any atom is -0.394 e. The maximum Gasteiger partial charge on any atom is 0.114 e. The summed E-state index contributed by atoms with van der Waals surface area (Å²) in [7, 11) is 1.41. The highest BCUT2D eigenvalue weighted by molar-refractivity contribution is 4.91. The van der Waals surface area contributed by atoms with Gasteiger partial charge < -0.3 is 24.8 Å². The third kappa shape index (κ3) is 2.00. The molecule has 0 spiro atoms. The van der Waals surface area contributed by atoms with E-state index in [9.17, 15) is 10.2 Å². The molecule has 1 heterocycles. The first-order valence-electron chi connectivity index (χ1n) is 4.27. The van der Waals surface area contributed by atoms with Crippen molar-refractivity contribution in [2.75, 3.05) is 13.7 Å². The van der Waals surface area contributed by atoms with Crippen molar-refractivity contribution < 1.29 is 24.8 Å². The fourth-order valence-electron chi connectivity index (χ4n) is 1.56. The average molecular weight is 192 g/mol. The molecule has 0 aliphatic carbocycles. The summed E-state index contributed by atoms with van der Waals surface area (Å²) in [6, 6.07) is 0. The summed E-state index contributed by atoms with van der Waals surface area (Å²) >= 11 is 0. The second-order valence-corrected chi connectivity index (χ2v) is 3.24. The number of methoxy groups -OCH3 is 1. The molecule has 0 aromatic heterocycles. The molecular formula is C8H16O5. The second kappa shape index (κ2) is 4.34. The number of rotatable bonds is 2. The minimum absolute atomic E-state index is 0.230. The van der Waals surface area contributed by atoms with Gasteiger partial charge in [-0.1, -0.05) is 0 Å². The smallest absolute Gasteiger partial charge is 0.114 e. The number of hydrogen-bond acceptors (Lipinski definition) is 5. The average Bonchev–Trinajstić information content (AvgIpc) is 2.13. The van der Waals surface area contributed by atoms with Crippen LogP contribution in [0.1, 0.15) is 6.92 Å². The predicted octanol–water partition coefficient (Wildman–Crippen LogP) is -1.50. The van der Waals surface area contributed by atoms with E-state index in [1.807, 2.05) is 0 Å². The first-order chi connectivity index (χ1) is 6.11. The molecule has 1 saturated heterocycles. The largest absolute Gasteiger partial charge is 0.394 e. The molecule has 5 nitrogen and oxygen atoms in total. The summed E-state index contributed by atoms with van der Waals surface area (Å²) in [5, 5.41) is 27.9. The zero-order valence-electron chi connectivity index (χ0n) is 7.75. The molecule has 13 heavy (non-hydrogen) atoms. The van der Waals surface area contributed by atoms with Crippen LogP contribution in [-0.2, 0) is 9.47 Å². The van der Waals surface area contributed by atoms with Crippen LogP contribution in [0, 0.1) is 0 Å². The Labute approximate surface area is 76.9 Å². The summed E-state index contributed by atoms with van der Waals surface area (Å²) in [5.74, 6) is 0. The van der Waals surface area contributed by atoms with Crippen molar-refractivity contribution in [1.82, 2.24) is 0 Å². The first-order valence-corrected chi connectivity index (χ1v) is 4.27. The van der Waals surface area contributed by atoms with Gasteiger partial charge in [0.25, 0.3) is 0 Å². The topological polar surface area (TPSA) is 79.2 Å². The lowest BCUT2D eigenvalue weighted by Crippen LogP contribution is -2.58. The molecule has 0 aromatic carbocycles. The van der Waals surface area contributed by atoms with Gasteiger partial charge in [0.15, 0.2) is 0 Å². The van der Waals surface area contributed by atoms with Gasteiger partial charge in [-0.2, -0.15) is 0 Å². The first kappa shape index (κ1) is 10.9. The van der Waals surface area contributed by atoms with Crippen molar-refractivity contribution >= 4 is 0 Å². The molecule has 2 unspecified atom stereocenters. The third-order valence-electron chi connectivity index (χ3n) is 2.38. The molecule has 0 saturated carbocycles. The van der Waals surface area contributed by atoms with E-state index in [0.29, 0.717) is 0 Å². The zero-order valence-corrected chi connectivity index (χ0v) is 7.75. The van der Waals surface area contributed by atoms with E-state index in [0.717, 1.165) is 0 Å². The third-order valence-corrected chi connectivity index (χ3v) is 2.38. The van der Waals surface area contributed by atoms with Gasteiger partial charge in [-0.25, -0.2) is 0 Å². The number of aliphatic hydroxyl groups is 3. The van der Waals surface area contributed by atoms with Gasteiger partial charge in [0.2, 0.25) is 0 Å². The second-order valence-electron chi connectivity index (χ2n) is 3.24. The predicted molar refractivity (Wildman–Crippen MR) is 44.2 cm³/mol. The number of hydrogen-bond donors (Lipinski definition) is 3. The lowest BCUT2D eigenvalue weighted by molar-refractivity contribution is -0.231. The number of ether oxygens (including phenoxy) is 2. The molecule has 3 N–H and O–H groups in total. The molecule has 1 aliphatic heterocycles. The van der Waals surface area contributed by atoms with E-state index >= 15 is 0 Å². The van der Waals surface area contributed by atoms with Crippen LogP contribution in [0.4, 0.5) is 0 Å². The van der Waals surface area contributed by atoms with Crippen LogP contribution >= 0.6 is 0 Å². The van der Waals surface area contributed by atoms with E-state index in [4.69, 9.17) is 14.6 Å². The molecule has 5 atom stereocenters. The van der Waals surface area contributed by atoms with Crippen LogP contribution in [0.25, 0.3) is 0 Å². The van der Waals surface area contributed by atoms with Crippen LogP contribution in [0.5, 0.6) is 0 Å². The van der Waals surface area contributed by atoms with Crippen molar-refractivity contribution in [3.63, 3.8) is 0 Å². The standard InChI is InChI=1S/C8H16O5/c1-4-6(10)7(11)8(12-2)5(3-9)13-4/h4-11H,3H2,1-2H3/t4-,5?,6?,7-,8+/m1/s1. The summed E-state index contributed by atoms with van der Waals surface area (Å²) in [5.41, 5.74) is 0. The maximum absolute atomic E-state index is 9.54. The van der Waals surface area contributed by atoms with Crippen molar-refractivity contribution in [3.8, 4) is 0 Å². The van der Waals surface area contributed by atoms with Crippen LogP contribution in [-0.4, -0.2) is 59.6 Å². The Kier molecular flexibility index (Phi) is 3.63. The monoisotopic (exact) mass is 192 g/mol. The van der Waals surface area contributed by atoms with Crippen LogP contribution < -0.4 is 0 Å². The van der Waals surface area contributed by atoms with Gasteiger partial charge >= 0.3 is 0 Å². The Balaban J connectivity index is 2.69. The zero-order chi connectivity index (χ0) is 10.0. The van der Waals surface area contributed by atoms with E-state index in [1.54, 1.807) is 6.92 Å². The van der Waals surface area contributed by atoms with Crippen molar-refractivity contribution in [2.24, 2.45) is 0 Å². The van der Waals surface area contributed by atoms with E-state index in [-0.39, 0.29) is 6.61 Å². The lowest BCUT2D eigenvalue weighted by atomic mass is 9.96. The van der Waals surface area contributed by atoms with E-state index in [2.05, 4.69) is 0 Å². The molecule has 78 valence electrons. The van der Waals surface area contributed by atoms with E-state index < -0.39 is 30.5 Å². The molecular weight excluding hydrogens is 176 g/mol. The van der Waals surface area contributed by atoms with Crippen LogP contribution in [0.2, 0.25) is 0 Å². The van der Waals surface area contributed by atoms with Gasteiger partial charge in [0, 0.05) is 7.11 Å². The Morgan fingerprint density at radius 2 is 1.92 bits per heavy atom. The van der Waals surface area contributed by atoms with Gasteiger partial charge in [0.05, 0.1) is 12.7 Å². The summed E-state index contributed by atoms with van der Waals surface area (Å²) in [4.78, 5) is 0. The van der Waals surface area contributed by atoms with Gasteiger partial charge in [0.1, 0.15) is 24.4 Å². The SMILES string of the molecule is CO[C@H]1C(CO)O[C@H](C)C(O)[C@H]1O. The molecule has 1 fully saturated rings. The van der Waals surface area contributed by atoms with Gasteiger partial charge in [-0.05, 0) is 6.92 Å². The quantitative estimate of drug-likeness (QED) is 0.496. The Hall–Kier alpha value is -0.200. The summed E-state index contributed by atoms with van der Waals surface area (Å²) in [6.45, 7) is 1.41. The number of aliphatic hydroxyl groups excluding tert-OH is 3. The fraction of sp³-hybridized carbons (Fsp3) is 1.00. The highest BCUT2D eigenvalue weighted by Gasteiger charge is 2.42. The van der Waals surface area contributed by atoms with Crippen molar-refractivity contribution in [1.29, 1.82) is 0 Å². The molecule has 0 radical (unpaired) electrons. The Bertz CT molecular complexity index is 161. The molecule has 0 bridgehead atoms. The molecule has 5 heteroatoms. The Morgan fingerprint density at radius 3 is 2.38 bits per heavy atom. The van der Waals surface area contributed by atoms with E-state index in [1.165, 1.54) is 7.11 Å². The summed E-state index contributed by atoms with van der Waals surface area (Å²) < 4.78 is 10.2. The lowest BCUT2D eigenvalue weighted by Gasteiger charge is -2.40. The highest BCUT2D eigenvalue weighted by Crippen LogP contribution is 2.22. The van der Waals surface area contributed by atoms with Gasteiger partial charge in [-0.15, -0.1) is 0 Å². The van der Waals surface area contributed by atoms with Crippen LogP contribution in [0.15, 0.2) is 0 Å². The minimum atomic E-state index is -1.01. The molecule has 0 amide bonds. The molecule has 0 aromatic rings. The fourth-order valence-corrected chi connectivity index (χ4v) is 1.56.